The largest absolute Gasteiger partial charge is 0.494 e. The molecule has 1 saturated heterocycles. The highest BCUT2D eigenvalue weighted by molar-refractivity contribution is 7.89. The number of nitrogens with one attached hydrogen (secondary N) is 1. The molecular weight excluding hydrogens is 436 g/mol. The van der Waals surface area contributed by atoms with Gasteiger partial charge in [0.2, 0.25) is 20.0 Å². The molecule has 0 radical (unpaired) electrons. The van der Waals surface area contributed by atoms with Gasteiger partial charge in [0.05, 0.1) is 16.4 Å². The Morgan fingerprint density at radius 3 is 2.26 bits per heavy atom. The Hall–Kier alpha value is -1.94. The van der Waals surface area contributed by atoms with E-state index >= 15 is 0 Å². The van der Waals surface area contributed by atoms with Crippen LogP contribution in [0.25, 0.3) is 0 Å². The van der Waals surface area contributed by atoms with Crippen LogP contribution in [0.2, 0.25) is 0 Å². The summed E-state index contributed by atoms with van der Waals surface area (Å²) in [5.74, 6) is 0.612. The lowest BCUT2D eigenvalue weighted by Crippen LogP contribution is -2.45. The molecule has 1 aliphatic rings. The number of hydrogen-bond acceptors (Lipinski definition) is 5. The van der Waals surface area contributed by atoms with E-state index in [0.29, 0.717) is 25.3 Å². The summed E-state index contributed by atoms with van der Waals surface area (Å²) in [4.78, 5) is 0.434. The molecule has 0 saturated carbocycles. The third-order valence-electron chi connectivity index (χ3n) is 5.42. The Morgan fingerprint density at radius 1 is 0.968 bits per heavy atom. The Labute approximate surface area is 185 Å². The average molecular weight is 467 g/mol. The predicted octanol–water partition coefficient (Wildman–Crippen LogP) is 3.31. The summed E-state index contributed by atoms with van der Waals surface area (Å²) in [6.45, 7) is 4.90. The van der Waals surface area contributed by atoms with Gasteiger partial charge in [0.1, 0.15) is 5.75 Å². The molecule has 1 N–H and O–H groups in total. The van der Waals surface area contributed by atoms with Gasteiger partial charge in [0.25, 0.3) is 0 Å². The second-order valence-electron chi connectivity index (χ2n) is 7.67. The summed E-state index contributed by atoms with van der Waals surface area (Å²) in [7, 11) is -7.29. The van der Waals surface area contributed by atoms with Crippen LogP contribution in [0.5, 0.6) is 5.75 Å². The minimum Gasteiger partial charge on any atom is -0.494 e. The van der Waals surface area contributed by atoms with E-state index in [4.69, 9.17) is 4.74 Å². The third-order valence-corrected chi connectivity index (χ3v) is 8.86. The molecule has 7 nitrogen and oxygen atoms in total. The van der Waals surface area contributed by atoms with Gasteiger partial charge in [-0.15, -0.1) is 0 Å². The Bertz CT molecular complexity index is 1070. The summed E-state index contributed by atoms with van der Waals surface area (Å²) in [5, 5.41) is 0. The molecule has 2 aromatic carbocycles. The predicted molar refractivity (Wildman–Crippen MR) is 120 cm³/mol. The van der Waals surface area contributed by atoms with Gasteiger partial charge in [0.15, 0.2) is 0 Å². The van der Waals surface area contributed by atoms with Crippen molar-refractivity contribution in [2.24, 2.45) is 0 Å². The van der Waals surface area contributed by atoms with Crippen molar-refractivity contribution in [1.29, 1.82) is 0 Å². The van der Waals surface area contributed by atoms with Crippen molar-refractivity contribution in [3.63, 3.8) is 0 Å². The molecule has 0 aliphatic carbocycles. The second kappa shape index (κ2) is 10.1. The van der Waals surface area contributed by atoms with Crippen LogP contribution in [-0.2, 0) is 20.0 Å². The van der Waals surface area contributed by atoms with Crippen molar-refractivity contribution in [1.82, 2.24) is 9.03 Å². The Morgan fingerprint density at radius 2 is 1.61 bits per heavy atom. The highest BCUT2D eigenvalue weighted by Gasteiger charge is 2.33. The minimum absolute atomic E-state index is 0.156. The molecule has 2 aromatic rings. The molecule has 9 heteroatoms. The molecule has 0 amide bonds. The first-order valence-electron chi connectivity index (χ1n) is 10.5. The van der Waals surface area contributed by atoms with E-state index in [1.807, 2.05) is 13.8 Å². The van der Waals surface area contributed by atoms with Crippen LogP contribution in [0.1, 0.15) is 38.2 Å². The van der Waals surface area contributed by atoms with E-state index in [-0.39, 0.29) is 22.4 Å². The normalized spacial score (nSPS) is 18.1. The molecule has 170 valence electrons. The fourth-order valence-electron chi connectivity index (χ4n) is 3.75. The summed E-state index contributed by atoms with van der Waals surface area (Å²) in [6.07, 6.45) is 2.87. The molecule has 0 aromatic heterocycles. The maximum atomic E-state index is 13.2. The molecule has 0 unspecified atom stereocenters. The van der Waals surface area contributed by atoms with Crippen LogP contribution in [0.15, 0.2) is 58.3 Å². The van der Waals surface area contributed by atoms with Crippen LogP contribution < -0.4 is 9.46 Å². The quantitative estimate of drug-likeness (QED) is 0.612. The molecule has 1 fully saturated rings. The van der Waals surface area contributed by atoms with Crippen LogP contribution in [0.4, 0.5) is 0 Å². The maximum Gasteiger partial charge on any atom is 0.243 e. The SMILES string of the molecule is CCOc1ccc(S(=O)(=O)NCC[C@H]2CCCCN2S(=O)(=O)c2ccc(C)cc2)cc1. The van der Waals surface area contributed by atoms with Crippen LogP contribution in [0.3, 0.4) is 0 Å². The molecule has 1 atom stereocenters. The number of aryl methyl sites for hydroxylation is 1. The number of sulfonamides is 2. The van der Waals surface area contributed by atoms with Crippen LogP contribution in [0, 0.1) is 6.92 Å². The van der Waals surface area contributed by atoms with Gasteiger partial charge in [-0.05, 0) is 69.5 Å². The Balaban J connectivity index is 1.65. The number of benzene rings is 2. The second-order valence-corrected chi connectivity index (χ2v) is 11.3. The highest BCUT2D eigenvalue weighted by Crippen LogP contribution is 2.27. The standard InChI is InChI=1S/C22H30N2O5S2/c1-3-29-20-9-13-21(14-10-20)30(25,26)23-16-15-19-6-4-5-17-24(19)31(27,28)22-11-7-18(2)8-12-22/h7-14,19,23H,3-6,15-17H2,1-2H3/t19-/m1/s1. The third kappa shape index (κ3) is 5.85. The van der Waals surface area contributed by atoms with Gasteiger partial charge in [-0.25, -0.2) is 21.6 Å². The van der Waals surface area contributed by atoms with E-state index in [1.165, 1.54) is 16.4 Å². The first-order valence-corrected chi connectivity index (χ1v) is 13.5. The lowest BCUT2D eigenvalue weighted by Gasteiger charge is -2.34. The van der Waals surface area contributed by atoms with Crippen molar-refractivity contribution >= 4 is 20.0 Å². The molecular formula is C22H30N2O5S2. The molecule has 31 heavy (non-hydrogen) atoms. The number of hydrogen-bond donors (Lipinski definition) is 1. The van der Waals surface area contributed by atoms with E-state index < -0.39 is 20.0 Å². The number of piperidine rings is 1. The van der Waals surface area contributed by atoms with Gasteiger partial charge in [-0.2, -0.15) is 4.31 Å². The van der Waals surface area contributed by atoms with Crippen molar-refractivity contribution in [3.8, 4) is 5.75 Å². The topological polar surface area (TPSA) is 92.8 Å². The fourth-order valence-corrected chi connectivity index (χ4v) is 6.52. The highest BCUT2D eigenvalue weighted by atomic mass is 32.2. The number of ether oxygens (including phenoxy) is 1. The first-order chi connectivity index (χ1) is 14.7. The molecule has 1 heterocycles. The lowest BCUT2D eigenvalue weighted by atomic mass is 10.0. The molecule has 0 bridgehead atoms. The summed E-state index contributed by atoms with van der Waals surface area (Å²) in [6, 6.07) is 12.8. The first kappa shape index (κ1) is 23.7. The summed E-state index contributed by atoms with van der Waals surface area (Å²) < 4.78 is 61.0. The number of nitrogens with zero attached hydrogens (tertiary/aromatic N) is 1. The summed E-state index contributed by atoms with van der Waals surface area (Å²) >= 11 is 0. The zero-order chi connectivity index (χ0) is 22.5. The van der Waals surface area contributed by atoms with Crippen molar-refractivity contribution < 1.29 is 21.6 Å². The zero-order valence-corrected chi connectivity index (χ0v) is 19.6. The van der Waals surface area contributed by atoms with Gasteiger partial charge in [-0.1, -0.05) is 24.1 Å². The van der Waals surface area contributed by atoms with E-state index in [9.17, 15) is 16.8 Å². The van der Waals surface area contributed by atoms with Crippen molar-refractivity contribution in [3.05, 3.63) is 54.1 Å². The van der Waals surface area contributed by atoms with Crippen LogP contribution in [-0.4, -0.2) is 46.9 Å². The Kier molecular flexibility index (Phi) is 7.74. The zero-order valence-electron chi connectivity index (χ0n) is 18.0. The van der Waals surface area contributed by atoms with Gasteiger partial charge in [0, 0.05) is 19.1 Å². The van der Waals surface area contributed by atoms with E-state index in [1.54, 1.807) is 36.4 Å². The smallest absolute Gasteiger partial charge is 0.243 e. The average Bonchev–Trinajstić information content (AvgIpc) is 2.75. The van der Waals surface area contributed by atoms with Gasteiger partial charge >= 0.3 is 0 Å². The van der Waals surface area contributed by atoms with Gasteiger partial charge < -0.3 is 4.74 Å². The molecule has 0 spiro atoms. The van der Waals surface area contributed by atoms with Crippen LogP contribution >= 0.6 is 0 Å². The van der Waals surface area contributed by atoms with E-state index in [0.717, 1.165) is 24.8 Å². The lowest BCUT2D eigenvalue weighted by molar-refractivity contribution is 0.242. The molecule has 1 aliphatic heterocycles. The minimum atomic E-state index is -3.68. The van der Waals surface area contributed by atoms with Gasteiger partial charge in [-0.3, -0.25) is 0 Å². The van der Waals surface area contributed by atoms with E-state index in [2.05, 4.69) is 4.72 Å². The number of rotatable bonds is 9. The van der Waals surface area contributed by atoms with Crippen molar-refractivity contribution in [2.75, 3.05) is 19.7 Å². The summed E-state index contributed by atoms with van der Waals surface area (Å²) in [5.41, 5.74) is 0.998. The van der Waals surface area contributed by atoms with Crippen molar-refractivity contribution in [2.45, 2.75) is 55.4 Å². The maximum absolute atomic E-state index is 13.2. The fraction of sp³-hybridized carbons (Fsp3) is 0.455. The molecule has 3 rings (SSSR count). The monoisotopic (exact) mass is 466 g/mol.